The minimum absolute atomic E-state index is 0.128. The third kappa shape index (κ3) is 4.52. The van der Waals surface area contributed by atoms with Gasteiger partial charge >= 0.3 is 0 Å². The largest absolute Gasteiger partial charge is 0.388 e. The molecule has 1 aliphatic heterocycles. The van der Waals surface area contributed by atoms with Crippen LogP contribution in [0.2, 0.25) is 0 Å². The Balaban J connectivity index is 2.13. The number of hydrogen-bond acceptors (Lipinski definition) is 4. The van der Waals surface area contributed by atoms with Crippen molar-refractivity contribution in [1.29, 1.82) is 0 Å². The summed E-state index contributed by atoms with van der Waals surface area (Å²) in [4.78, 5) is 11.5. The van der Waals surface area contributed by atoms with Gasteiger partial charge < -0.3 is 10.4 Å². The SMILES string of the molecule is CNC(=O)CC1(O)CCCN(S(=O)(=O)Cc2ccc(C)c(F)c2)C1. The second kappa shape index (κ2) is 7.16. The number of rotatable bonds is 5. The second-order valence-corrected chi connectivity index (χ2v) is 8.32. The first-order chi connectivity index (χ1) is 11.1. The Bertz CT molecular complexity index is 723. The van der Waals surface area contributed by atoms with Crippen LogP contribution < -0.4 is 5.32 Å². The fraction of sp³-hybridized carbons (Fsp3) is 0.562. The maximum Gasteiger partial charge on any atom is 0.222 e. The minimum atomic E-state index is -3.70. The van der Waals surface area contributed by atoms with Crippen LogP contribution in [0.1, 0.15) is 30.4 Å². The Morgan fingerprint density at radius 1 is 1.46 bits per heavy atom. The summed E-state index contributed by atoms with van der Waals surface area (Å²) in [6.45, 7) is 1.76. The summed E-state index contributed by atoms with van der Waals surface area (Å²) in [6, 6.07) is 4.34. The van der Waals surface area contributed by atoms with Crippen molar-refractivity contribution >= 4 is 15.9 Å². The van der Waals surface area contributed by atoms with Gasteiger partial charge in [-0.2, -0.15) is 4.31 Å². The van der Waals surface area contributed by atoms with Crippen molar-refractivity contribution in [1.82, 2.24) is 9.62 Å². The van der Waals surface area contributed by atoms with Crippen LogP contribution in [-0.4, -0.2) is 49.5 Å². The summed E-state index contributed by atoms with van der Waals surface area (Å²) in [7, 11) is -2.24. The van der Waals surface area contributed by atoms with Crippen molar-refractivity contribution in [2.75, 3.05) is 20.1 Å². The number of amides is 1. The predicted octanol–water partition coefficient (Wildman–Crippen LogP) is 0.927. The number of carbonyl (C=O) groups excluding carboxylic acids is 1. The number of aryl methyl sites for hydroxylation is 1. The molecule has 1 amide bonds. The summed E-state index contributed by atoms with van der Waals surface area (Å²) in [5.41, 5.74) is -0.559. The number of β-amino-alcohol motifs (C(OH)–C–C–N with tert-alkyl or cyclic N) is 1. The van der Waals surface area contributed by atoms with Crippen molar-refractivity contribution in [3.63, 3.8) is 0 Å². The molecule has 0 aromatic heterocycles. The van der Waals surface area contributed by atoms with Gasteiger partial charge in [-0.1, -0.05) is 12.1 Å². The molecule has 24 heavy (non-hydrogen) atoms. The van der Waals surface area contributed by atoms with Crippen LogP contribution in [0.25, 0.3) is 0 Å². The van der Waals surface area contributed by atoms with Crippen LogP contribution in [0, 0.1) is 12.7 Å². The molecule has 1 heterocycles. The number of sulfonamides is 1. The maximum absolute atomic E-state index is 13.6. The zero-order valence-electron chi connectivity index (χ0n) is 13.9. The van der Waals surface area contributed by atoms with Crippen molar-refractivity contribution < 1.29 is 22.7 Å². The lowest BCUT2D eigenvalue weighted by Gasteiger charge is -2.38. The van der Waals surface area contributed by atoms with E-state index in [2.05, 4.69) is 5.32 Å². The Morgan fingerprint density at radius 3 is 2.79 bits per heavy atom. The molecule has 1 atom stereocenters. The molecule has 1 fully saturated rings. The molecule has 1 unspecified atom stereocenters. The molecular formula is C16H23FN2O4S. The molecule has 0 aliphatic carbocycles. The number of halogens is 1. The summed E-state index contributed by atoms with van der Waals surface area (Å²) < 4.78 is 40.0. The van der Waals surface area contributed by atoms with Crippen LogP contribution in [0.4, 0.5) is 4.39 Å². The first kappa shape index (κ1) is 18.8. The van der Waals surface area contributed by atoms with Gasteiger partial charge in [-0.3, -0.25) is 4.79 Å². The van der Waals surface area contributed by atoms with Crippen LogP contribution in [0.15, 0.2) is 18.2 Å². The molecule has 1 aromatic carbocycles. The number of hydrogen-bond donors (Lipinski definition) is 2. The molecule has 0 spiro atoms. The number of piperidine rings is 1. The van der Waals surface area contributed by atoms with Crippen LogP contribution in [0.3, 0.4) is 0 Å². The molecular weight excluding hydrogens is 335 g/mol. The van der Waals surface area contributed by atoms with E-state index in [1.165, 1.54) is 23.5 Å². The smallest absolute Gasteiger partial charge is 0.222 e. The average molecular weight is 358 g/mol. The normalized spacial score (nSPS) is 22.3. The van der Waals surface area contributed by atoms with E-state index in [0.717, 1.165) is 0 Å². The lowest BCUT2D eigenvalue weighted by atomic mass is 9.90. The van der Waals surface area contributed by atoms with Gasteiger partial charge in [0.15, 0.2) is 0 Å². The first-order valence-corrected chi connectivity index (χ1v) is 9.42. The van der Waals surface area contributed by atoms with E-state index < -0.39 is 21.4 Å². The molecule has 1 aromatic rings. The summed E-state index contributed by atoms with van der Waals surface area (Å²) >= 11 is 0. The van der Waals surface area contributed by atoms with E-state index in [0.29, 0.717) is 24.0 Å². The molecule has 1 saturated heterocycles. The maximum atomic E-state index is 13.6. The van der Waals surface area contributed by atoms with Crippen LogP contribution >= 0.6 is 0 Å². The van der Waals surface area contributed by atoms with Gasteiger partial charge in [-0.25, -0.2) is 12.8 Å². The van der Waals surface area contributed by atoms with Gasteiger partial charge in [-0.15, -0.1) is 0 Å². The molecule has 0 bridgehead atoms. The van der Waals surface area contributed by atoms with Crippen molar-refractivity contribution in [2.45, 2.75) is 37.5 Å². The lowest BCUT2D eigenvalue weighted by Crippen LogP contribution is -2.52. The number of nitrogens with zero attached hydrogens (tertiary/aromatic N) is 1. The summed E-state index contributed by atoms with van der Waals surface area (Å²) in [5, 5.41) is 13.0. The highest BCUT2D eigenvalue weighted by Gasteiger charge is 2.39. The Kier molecular flexibility index (Phi) is 5.62. The van der Waals surface area contributed by atoms with E-state index in [1.807, 2.05) is 0 Å². The molecule has 134 valence electrons. The van der Waals surface area contributed by atoms with Gasteiger partial charge in [0.1, 0.15) is 5.82 Å². The number of nitrogens with one attached hydrogen (secondary N) is 1. The molecule has 2 rings (SSSR count). The highest BCUT2D eigenvalue weighted by molar-refractivity contribution is 7.88. The molecule has 0 saturated carbocycles. The Hall–Kier alpha value is -1.51. The van der Waals surface area contributed by atoms with Crippen molar-refractivity contribution in [3.05, 3.63) is 35.1 Å². The zero-order chi connectivity index (χ0) is 18.0. The van der Waals surface area contributed by atoms with Gasteiger partial charge in [0, 0.05) is 20.1 Å². The van der Waals surface area contributed by atoms with Gasteiger partial charge in [-0.05, 0) is 37.0 Å². The van der Waals surface area contributed by atoms with E-state index >= 15 is 0 Å². The number of carbonyl (C=O) groups is 1. The Morgan fingerprint density at radius 2 is 2.17 bits per heavy atom. The average Bonchev–Trinajstić information content (AvgIpc) is 2.50. The fourth-order valence-electron chi connectivity index (χ4n) is 2.87. The van der Waals surface area contributed by atoms with E-state index in [4.69, 9.17) is 0 Å². The molecule has 6 nitrogen and oxygen atoms in total. The van der Waals surface area contributed by atoms with Gasteiger partial charge in [0.25, 0.3) is 0 Å². The molecule has 2 N–H and O–H groups in total. The number of benzene rings is 1. The predicted molar refractivity (Wildman–Crippen MR) is 88.2 cm³/mol. The summed E-state index contributed by atoms with van der Waals surface area (Å²) in [5.74, 6) is -1.12. The minimum Gasteiger partial charge on any atom is -0.388 e. The Labute approximate surface area is 141 Å². The molecule has 0 radical (unpaired) electrons. The third-order valence-corrected chi connectivity index (χ3v) is 6.06. The van der Waals surface area contributed by atoms with E-state index in [-0.39, 0.29) is 31.2 Å². The first-order valence-electron chi connectivity index (χ1n) is 7.81. The van der Waals surface area contributed by atoms with Gasteiger partial charge in [0.2, 0.25) is 15.9 Å². The monoisotopic (exact) mass is 358 g/mol. The van der Waals surface area contributed by atoms with Crippen LogP contribution in [0.5, 0.6) is 0 Å². The highest BCUT2D eigenvalue weighted by Crippen LogP contribution is 2.27. The van der Waals surface area contributed by atoms with Crippen molar-refractivity contribution in [3.8, 4) is 0 Å². The summed E-state index contributed by atoms with van der Waals surface area (Å²) in [6.07, 6.45) is 0.690. The fourth-order valence-corrected chi connectivity index (χ4v) is 4.50. The number of aliphatic hydroxyl groups is 1. The van der Waals surface area contributed by atoms with E-state index in [1.54, 1.807) is 13.0 Å². The molecule has 1 aliphatic rings. The topological polar surface area (TPSA) is 86.7 Å². The third-order valence-electron chi connectivity index (χ3n) is 4.27. The van der Waals surface area contributed by atoms with Crippen molar-refractivity contribution in [2.24, 2.45) is 0 Å². The lowest BCUT2D eigenvalue weighted by molar-refractivity contribution is -0.127. The van der Waals surface area contributed by atoms with E-state index in [9.17, 15) is 22.7 Å². The quantitative estimate of drug-likeness (QED) is 0.820. The highest BCUT2D eigenvalue weighted by atomic mass is 32.2. The standard InChI is InChI=1S/C16H23FN2O4S/c1-12-4-5-13(8-14(12)17)10-24(22,23)19-7-3-6-16(21,11-19)9-15(20)18-2/h4-5,8,21H,3,6-7,9-11H2,1-2H3,(H,18,20). The molecule has 8 heteroatoms. The second-order valence-electron chi connectivity index (χ2n) is 6.35. The van der Waals surface area contributed by atoms with Gasteiger partial charge in [0.05, 0.1) is 17.8 Å². The zero-order valence-corrected chi connectivity index (χ0v) is 14.7. The van der Waals surface area contributed by atoms with Crippen LogP contribution in [-0.2, 0) is 20.6 Å².